The number of aromatic nitrogens is 4. The van der Waals surface area contributed by atoms with Crippen LogP contribution in [0.5, 0.6) is 0 Å². The normalized spacial score (nSPS) is 10.9. The minimum atomic E-state index is -0.294. The maximum atomic E-state index is 12.0. The second-order valence-corrected chi connectivity index (χ2v) is 4.78. The van der Waals surface area contributed by atoms with Gasteiger partial charge in [0.05, 0.1) is 10.5 Å². The number of halogens is 1. The molecule has 20 heavy (non-hydrogen) atoms. The first-order valence-corrected chi connectivity index (χ1v) is 6.41. The fourth-order valence-electron chi connectivity index (χ4n) is 2.04. The number of aryl methyl sites for hydroxylation is 1. The molecule has 1 N–H and O–H groups in total. The van der Waals surface area contributed by atoms with Crippen LogP contribution in [-0.2, 0) is 13.6 Å². The lowest BCUT2D eigenvalue weighted by Crippen LogP contribution is -2.24. The molecular weight excluding hydrogens is 278 g/mol. The van der Waals surface area contributed by atoms with Crippen molar-refractivity contribution < 1.29 is 4.79 Å². The lowest BCUT2D eigenvalue weighted by molar-refractivity contribution is 0.0945. The summed E-state index contributed by atoms with van der Waals surface area (Å²) in [5.41, 5.74) is 2.17. The zero-order chi connectivity index (χ0) is 14.1. The average molecular weight is 290 g/mol. The lowest BCUT2D eigenvalue weighted by atomic mass is 10.2. The van der Waals surface area contributed by atoms with Crippen LogP contribution in [0.4, 0.5) is 0 Å². The molecule has 0 aromatic carbocycles. The van der Waals surface area contributed by atoms with Crippen LogP contribution in [0, 0.1) is 0 Å². The Morgan fingerprint density at radius 1 is 1.45 bits per heavy atom. The average Bonchev–Trinajstić information content (AvgIpc) is 3.02. The van der Waals surface area contributed by atoms with Crippen LogP contribution in [0.15, 0.2) is 36.8 Å². The minimum Gasteiger partial charge on any atom is -0.346 e. The second-order valence-electron chi connectivity index (χ2n) is 4.38. The SMILES string of the molecule is Cn1cc(Cl)c(C(=O)NCc2cccn3nccc23)n1. The molecule has 3 rings (SSSR count). The molecule has 0 atom stereocenters. The summed E-state index contributed by atoms with van der Waals surface area (Å²) in [6.45, 7) is 0.391. The fraction of sp³-hybridized carbons (Fsp3) is 0.154. The molecule has 102 valence electrons. The summed E-state index contributed by atoms with van der Waals surface area (Å²) in [5, 5.41) is 11.3. The number of carbonyl (C=O) groups excluding carboxylic acids is 1. The Morgan fingerprint density at radius 3 is 3.05 bits per heavy atom. The van der Waals surface area contributed by atoms with Gasteiger partial charge in [0.25, 0.3) is 5.91 Å². The van der Waals surface area contributed by atoms with E-state index in [1.807, 2.05) is 24.4 Å². The molecule has 3 aromatic heterocycles. The van der Waals surface area contributed by atoms with E-state index in [0.29, 0.717) is 11.6 Å². The number of hydrogen-bond donors (Lipinski definition) is 1. The molecule has 0 saturated carbocycles. The van der Waals surface area contributed by atoms with Gasteiger partial charge < -0.3 is 5.32 Å². The summed E-state index contributed by atoms with van der Waals surface area (Å²) >= 11 is 5.94. The van der Waals surface area contributed by atoms with Gasteiger partial charge in [-0.25, -0.2) is 4.52 Å². The van der Waals surface area contributed by atoms with Crippen LogP contribution in [-0.4, -0.2) is 25.3 Å². The largest absolute Gasteiger partial charge is 0.346 e. The Bertz CT molecular complexity index is 776. The smallest absolute Gasteiger partial charge is 0.273 e. The Kier molecular flexibility index (Phi) is 3.15. The van der Waals surface area contributed by atoms with Crippen LogP contribution < -0.4 is 5.32 Å². The van der Waals surface area contributed by atoms with Crippen molar-refractivity contribution in [1.29, 1.82) is 0 Å². The molecule has 0 bridgehead atoms. The molecule has 0 spiro atoms. The molecule has 0 radical (unpaired) electrons. The quantitative estimate of drug-likeness (QED) is 0.797. The number of fused-ring (bicyclic) bond motifs is 1. The third-order valence-corrected chi connectivity index (χ3v) is 3.24. The van der Waals surface area contributed by atoms with E-state index in [4.69, 9.17) is 11.6 Å². The van der Waals surface area contributed by atoms with E-state index in [9.17, 15) is 4.79 Å². The second kappa shape index (κ2) is 4.97. The summed E-state index contributed by atoms with van der Waals surface area (Å²) in [6, 6.07) is 5.72. The van der Waals surface area contributed by atoms with Crippen molar-refractivity contribution in [3.8, 4) is 0 Å². The third kappa shape index (κ3) is 2.25. The van der Waals surface area contributed by atoms with Gasteiger partial charge in [-0.1, -0.05) is 17.7 Å². The van der Waals surface area contributed by atoms with E-state index in [1.165, 1.54) is 4.68 Å². The zero-order valence-electron chi connectivity index (χ0n) is 10.7. The Balaban J connectivity index is 1.78. The summed E-state index contributed by atoms with van der Waals surface area (Å²) in [7, 11) is 1.72. The van der Waals surface area contributed by atoms with Crippen LogP contribution in [0.2, 0.25) is 5.02 Å². The molecule has 3 heterocycles. The predicted octanol–water partition coefficient (Wildman–Crippen LogP) is 1.65. The Labute approximate surface area is 120 Å². The fourth-order valence-corrected chi connectivity index (χ4v) is 2.30. The highest BCUT2D eigenvalue weighted by molar-refractivity contribution is 6.33. The molecule has 0 aliphatic carbocycles. The molecule has 0 saturated heterocycles. The van der Waals surface area contributed by atoms with E-state index < -0.39 is 0 Å². The zero-order valence-corrected chi connectivity index (χ0v) is 11.5. The standard InChI is InChI=1S/C13H12ClN5O/c1-18-8-10(14)12(17-18)13(20)15-7-9-3-2-6-19-11(9)4-5-16-19/h2-6,8H,7H2,1H3,(H,15,20). The summed E-state index contributed by atoms with van der Waals surface area (Å²) < 4.78 is 3.27. The molecule has 7 heteroatoms. The first-order chi connectivity index (χ1) is 9.65. The van der Waals surface area contributed by atoms with Crippen LogP contribution in [0.25, 0.3) is 5.52 Å². The van der Waals surface area contributed by atoms with Crippen LogP contribution >= 0.6 is 11.6 Å². The first kappa shape index (κ1) is 12.7. The monoisotopic (exact) mass is 289 g/mol. The van der Waals surface area contributed by atoms with E-state index in [0.717, 1.165) is 11.1 Å². The molecule has 3 aromatic rings. The van der Waals surface area contributed by atoms with Crippen molar-refractivity contribution in [2.24, 2.45) is 7.05 Å². The Morgan fingerprint density at radius 2 is 2.30 bits per heavy atom. The van der Waals surface area contributed by atoms with Crippen LogP contribution in [0.3, 0.4) is 0 Å². The molecular formula is C13H12ClN5O. The van der Waals surface area contributed by atoms with Gasteiger partial charge in [-0.3, -0.25) is 9.48 Å². The van der Waals surface area contributed by atoms with E-state index in [1.54, 1.807) is 24.0 Å². The van der Waals surface area contributed by atoms with E-state index in [-0.39, 0.29) is 11.6 Å². The number of amides is 1. The van der Waals surface area contributed by atoms with Crippen molar-refractivity contribution in [3.05, 3.63) is 53.1 Å². The molecule has 1 amide bonds. The summed E-state index contributed by atoms with van der Waals surface area (Å²) in [6.07, 6.45) is 5.17. The number of nitrogens with one attached hydrogen (secondary N) is 1. The van der Waals surface area contributed by atoms with Gasteiger partial charge in [0.15, 0.2) is 5.69 Å². The van der Waals surface area contributed by atoms with Gasteiger partial charge in [-0.05, 0) is 17.7 Å². The number of carbonyl (C=O) groups is 1. The number of rotatable bonds is 3. The Hall–Kier alpha value is -2.34. The molecule has 0 unspecified atom stereocenters. The molecule has 6 nitrogen and oxygen atoms in total. The maximum Gasteiger partial charge on any atom is 0.273 e. The van der Waals surface area contributed by atoms with Gasteiger partial charge in [0.1, 0.15) is 0 Å². The molecule has 0 aliphatic heterocycles. The van der Waals surface area contributed by atoms with Crippen molar-refractivity contribution >= 4 is 23.0 Å². The highest BCUT2D eigenvalue weighted by atomic mass is 35.5. The highest BCUT2D eigenvalue weighted by Gasteiger charge is 2.14. The van der Waals surface area contributed by atoms with E-state index >= 15 is 0 Å². The highest BCUT2D eigenvalue weighted by Crippen LogP contribution is 2.14. The minimum absolute atomic E-state index is 0.231. The predicted molar refractivity (Wildman–Crippen MR) is 74.6 cm³/mol. The van der Waals surface area contributed by atoms with Gasteiger partial charge in [0.2, 0.25) is 0 Å². The first-order valence-electron chi connectivity index (χ1n) is 6.04. The van der Waals surface area contributed by atoms with Crippen molar-refractivity contribution in [1.82, 2.24) is 24.7 Å². The number of hydrogen-bond acceptors (Lipinski definition) is 3. The summed E-state index contributed by atoms with van der Waals surface area (Å²) in [4.78, 5) is 12.0. The van der Waals surface area contributed by atoms with E-state index in [2.05, 4.69) is 15.5 Å². The maximum absolute atomic E-state index is 12.0. The summed E-state index contributed by atoms with van der Waals surface area (Å²) in [5.74, 6) is -0.294. The topological polar surface area (TPSA) is 64.2 Å². The number of nitrogens with zero attached hydrogens (tertiary/aromatic N) is 4. The molecule has 0 aliphatic rings. The molecule has 0 fully saturated rings. The van der Waals surface area contributed by atoms with Crippen molar-refractivity contribution in [2.75, 3.05) is 0 Å². The van der Waals surface area contributed by atoms with Gasteiger partial charge in [0, 0.05) is 32.2 Å². The van der Waals surface area contributed by atoms with Gasteiger partial charge >= 0.3 is 0 Å². The van der Waals surface area contributed by atoms with Crippen molar-refractivity contribution in [2.45, 2.75) is 6.54 Å². The van der Waals surface area contributed by atoms with Gasteiger partial charge in [-0.2, -0.15) is 10.2 Å². The van der Waals surface area contributed by atoms with Gasteiger partial charge in [-0.15, -0.1) is 0 Å². The number of pyridine rings is 1. The van der Waals surface area contributed by atoms with Crippen molar-refractivity contribution in [3.63, 3.8) is 0 Å². The van der Waals surface area contributed by atoms with Crippen LogP contribution in [0.1, 0.15) is 16.1 Å². The lowest BCUT2D eigenvalue weighted by Gasteiger charge is -2.05. The third-order valence-electron chi connectivity index (χ3n) is 2.96.